The standard InChI is InChI=1S/C13H19F2NOS/c14-13(15)10(17)8-16-12(9-4-1-2-5-9)11-6-3-7-18-11/h3,6-7,9-10,12-13,16-17H,1-2,4-5,8H2. The molecule has 0 aromatic carbocycles. The van der Waals surface area contributed by atoms with E-state index in [4.69, 9.17) is 0 Å². The highest BCUT2D eigenvalue weighted by Gasteiger charge is 2.28. The van der Waals surface area contributed by atoms with Crippen LogP contribution < -0.4 is 5.32 Å². The molecule has 0 bridgehead atoms. The summed E-state index contributed by atoms with van der Waals surface area (Å²) < 4.78 is 24.6. The summed E-state index contributed by atoms with van der Waals surface area (Å²) in [6, 6.07) is 4.13. The maximum absolute atomic E-state index is 12.3. The fraction of sp³-hybridized carbons (Fsp3) is 0.692. The molecule has 2 nitrogen and oxygen atoms in total. The van der Waals surface area contributed by atoms with Crippen molar-refractivity contribution in [1.29, 1.82) is 0 Å². The molecule has 2 rings (SSSR count). The van der Waals surface area contributed by atoms with Crippen LogP contribution in [0, 0.1) is 5.92 Å². The van der Waals surface area contributed by atoms with Crippen molar-refractivity contribution in [3.8, 4) is 0 Å². The van der Waals surface area contributed by atoms with Crippen molar-refractivity contribution in [3.05, 3.63) is 22.4 Å². The Morgan fingerprint density at radius 3 is 2.67 bits per heavy atom. The smallest absolute Gasteiger partial charge is 0.265 e. The number of aliphatic hydroxyl groups is 1. The van der Waals surface area contributed by atoms with E-state index in [1.807, 2.05) is 17.5 Å². The largest absolute Gasteiger partial charge is 0.386 e. The van der Waals surface area contributed by atoms with Crippen LogP contribution in [-0.2, 0) is 0 Å². The van der Waals surface area contributed by atoms with Gasteiger partial charge in [-0.05, 0) is 30.2 Å². The van der Waals surface area contributed by atoms with Gasteiger partial charge in [0.15, 0.2) is 0 Å². The second-order valence-corrected chi connectivity index (χ2v) is 5.83. The van der Waals surface area contributed by atoms with Crippen LogP contribution >= 0.6 is 11.3 Å². The van der Waals surface area contributed by atoms with Crippen LogP contribution in [-0.4, -0.2) is 24.2 Å². The van der Waals surface area contributed by atoms with Gasteiger partial charge in [0.1, 0.15) is 6.10 Å². The van der Waals surface area contributed by atoms with Crippen LogP contribution in [0.25, 0.3) is 0 Å². The number of hydrogen-bond acceptors (Lipinski definition) is 3. The van der Waals surface area contributed by atoms with Crippen molar-refractivity contribution < 1.29 is 13.9 Å². The van der Waals surface area contributed by atoms with Crippen molar-refractivity contribution >= 4 is 11.3 Å². The number of thiophene rings is 1. The topological polar surface area (TPSA) is 32.3 Å². The molecule has 0 saturated heterocycles. The Morgan fingerprint density at radius 2 is 2.11 bits per heavy atom. The van der Waals surface area contributed by atoms with Gasteiger partial charge in [-0.2, -0.15) is 0 Å². The van der Waals surface area contributed by atoms with Gasteiger partial charge in [0, 0.05) is 17.5 Å². The quantitative estimate of drug-likeness (QED) is 0.835. The Hall–Kier alpha value is -0.520. The SMILES string of the molecule is OC(CNC(c1cccs1)C1CCCC1)C(F)F. The van der Waals surface area contributed by atoms with E-state index in [1.165, 1.54) is 17.7 Å². The molecule has 1 saturated carbocycles. The summed E-state index contributed by atoms with van der Waals surface area (Å²) in [5.74, 6) is 0.508. The van der Waals surface area contributed by atoms with Gasteiger partial charge in [0.05, 0.1) is 0 Å². The third-order valence-corrected chi connectivity index (χ3v) is 4.51. The van der Waals surface area contributed by atoms with E-state index >= 15 is 0 Å². The first-order chi connectivity index (χ1) is 8.68. The molecular weight excluding hydrogens is 256 g/mol. The molecule has 2 atom stereocenters. The minimum absolute atomic E-state index is 0.0449. The molecule has 2 N–H and O–H groups in total. The van der Waals surface area contributed by atoms with Crippen molar-refractivity contribution in [1.82, 2.24) is 5.32 Å². The Morgan fingerprint density at radius 1 is 1.39 bits per heavy atom. The molecule has 1 fully saturated rings. The third kappa shape index (κ3) is 3.49. The summed E-state index contributed by atoms with van der Waals surface area (Å²) in [4.78, 5) is 1.18. The molecule has 1 aromatic rings. The Kier molecular flexibility index (Phi) is 5.09. The first-order valence-electron chi connectivity index (χ1n) is 6.41. The number of alkyl halides is 2. The zero-order chi connectivity index (χ0) is 13.0. The molecule has 1 aliphatic carbocycles. The Balaban J connectivity index is 1.97. The van der Waals surface area contributed by atoms with Gasteiger partial charge in [-0.15, -0.1) is 11.3 Å². The van der Waals surface area contributed by atoms with Crippen molar-refractivity contribution in [3.63, 3.8) is 0 Å². The highest BCUT2D eigenvalue weighted by atomic mass is 32.1. The van der Waals surface area contributed by atoms with Crippen LogP contribution in [0.4, 0.5) is 8.78 Å². The molecule has 0 spiro atoms. The number of nitrogens with one attached hydrogen (secondary N) is 1. The monoisotopic (exact) mass is 275 g/mol. The molecular formula is C13H19F2NOS. The second-order valence-electron chi connectivity index (χ2n) is 4.85. The zero-order valence-electron chi connectivity index (χ0n) is 10.2. The lowest BCUT2D eigenvalue weighted by Gasteiger charge is -2.25. The van der Waals surface area contributed by atoms with Gasteiger partial charge in [0.25, 0.3) is 6.43 Å². The molecule has 2 unspecified atom stereocenters. The molecule has 0 aliphatic heterocycles. The number of rotatable bonds is 6. The fourth-order valence-electron chi connectivity index (χ4n) is 2.60. The first-order valence-corrected chi connectivity index (χ1v) is 7.29. The van der Waals surface area contributed by atoms with Crippen LogP contribution in [0.1, 0.15) is 36.6 Å². The lowest BCUT2D eigenvalue weighted by molar-refractivity contribution is -0.00556. The minimum atomic E-state index is -2.68. The van der Waals surface area contributed by atoms with Gasteiger partial charge in [0.2, 0.25) is 0 Å². The van der Waals surface area contributed by atoms with Gasteiger partial charge >= 0.3 is 0 Å². The first kappa shape index (κ1) is 13.9. The molecule has 5 heteroatoms. The Labute approximate surface area is 110 Å². The zero-order valence-corrected chi connectivity index (χ0v) is 11.0. The molecule has 0 radical (unpaired) electrons. The molecule has 18 heavy (non-hydrogen) atoms. The summed E-state index contributed by atoms with van der Waals surface area (Å²) in [7, 11) is 0. The Bertz CT molecular complexity index is 339. The van der Waals surface area contributed by atoms with E-state index in [9.17, 15) is 13.9 Å². The van der Waals surface area contributed by atoms with E-state index in [1.54, 1.807) is 11.3 Å². The van der Waals surface area contributed by atoms with Gasteiger partial charge in [-0.25, -0.2) is 8.78 Å². The molecule has 102 valence electrons. The molecule has 1 heterocycles. The summed E-state index contributed by atoms with van der Waals surface area (Å²) in [5.41, 5.74) is 0. The number of hydrogen-bond donors (Lipinski definition) is 2. The molecule has 1 aromatic heterocycles. The second kappa shape index (κ2) is 6.59. The predicted octanol–water partition coefficient (Wildman–Crippen LogP) is 3.20. The summed E-state index contributed by atoms with van der Waals surface area (Å²) >= 11 is 1.65. The van der Waals surface area contributed by atoms with Crippen LogP contribution in [0.3, 0.4) is 0 Å². The normalized spacial score (nSPS) is 20.4. The van der Waals surface area contributed by atoms with Crippen molar-refractivity contribution in [2.24, 2.45) is 5.92 Å². The lowest BCUT2D eigenvalue weighted by atomic mass is 9.96. The maximum Gasteiger partial charge on any atom is 0.265 e. The number of halogens is 2. The third-order valence-electron chi connectivity index (χ3n) is 3.56. The predicted molar refractivity (Wildman–Crippen MR) is 69.0 cm³/mol. The van der Waals surface area contributed by atoms with Gasteiger partial charge in [-0.1, -0.05) is 18.9 Å². The van der Waals surface area contributed by atoms with Crippen LogP contribution in [0.15, 0.2) is 17.5 Å². The van der Waals surface area contributed by atoms with Crippen molar-refractivity contribution in [2.45, 2.75) is 44.3 Å². The van der Waals surface area contributed by atoms with E-state index in [2.05, 4.69) is 5.32 Å². The average Bonchev–Trinajstić information content (AvgIpc) is 3.01. The van der Waals surface area contributed by atoms with Crippen LogP contribution in [0.2, 0.25) is 0 Å². The fourth-order valence-corrected chi connectivity index (χ4v) is 3.49. The van der Waals surface area contributed by atoms with Gasteiger partial charge < -0.3 is 10.4 Å². The summed E-state index contributed by atoms with van der Waals surface area (Å²) in [5, 5.41) is 14.3. The van der Waals surface area contributed by atoms with Gasteiger partial charge in [-0.3, -0.25) is 0 Å². The highest BCUT2D eigenvalue weighted by molar-refractivity contribution is 7.10. The van der Waals surface area contributed by atoms with E-state index in [0.29, 0.717) is 5.92 Å². The maximum atomic E-state index is 12.3. The van der Waals surface area contributed by atoms with E-state index < -0.39 is 12.5 Å². The molecule has 0 amide bonds. The highest BCUT2D eigenvalue weighted by Crippen LogP contribution is 2.37. The van der Waals surface area contributed by atoms with Crippen LogP contribution in [0.5, 0.6) is 0 Å². The van der Waals surface area contributed by atoms with Crippen molar-refractivity contribution in [2.75, 3.05) is 6.54 Å². The van der Waals surface area contributed by atoms with E-state index in [-0.39, 0.29) is 12.6 Å². The molecule has 1 aliphatic rings. The minimum Gasteiger partial charge on any atom is -0.386 e. The average molecular weight is 275 g/mol. The summed E-state index contributed by atoms with van der Waals surface area (Å²) in [6.07, 6.45) is 0.455. The van der Waals surface area contributed by atoms with E-state index in [0.717, 1.165) is 12.8 Å². The number of aliphatic hydroxyl groups excluding tert-OH is 1. The lowest BCUT2D eigenvalue weighted by Crippen LogP contribution is -2.36. The summed E-state index contributed by atoms with van der Waals surface area (Å²) in [6.45, 7) is -0.0449.